The highest BCUT2D eigenvalue weighted by Crippen LogP contribution is 2.36. The summed E-state index contributed by atoms with van der Waals surface area (Å²) in [5.74, 6) is -1.73. The minimum Gasteiger partial charge on any atom is -0.489 e. The van der Waals surface area contributed by atoms with Gasteiger partial charge >= 0.3 is 11.9 Å². The lowest BCUT2D eigenvalue weighted by molar-refractivity contribution is -0.134. The van der Waals surface area contributed by atoms with E-state index in [1.54, 1.807) is 11.8 Å². The van der Waals surface area contributed by atoms with E-state index < -0.39 is 11.9 Å². The number of amides is 1. The van der Waals surface area contributed by atoms with Crippen LogP contribution in [0.2, 0.25) is 0 Å². The molecule has 32 heavy (non-hydrogen) atoms. The maximum Gasteiger partial charge on any atom is 0.328 e. The molecule has 0 saturated carbocycles. The van der Waals surface area contributed by atoms with E-state index in [0.29, 0.717) is 23.8 Å². The Bertz CT molecular complexity index is 841. The number of ether oxygens (including phenoxy) is 1. The monoisotopic (exact) mass is 464 g/mol. The largest absolute Gasteiger partial charge is 0.489 e. The first-order valence-corrected chi connectivity index (χ1v) is 12.0. The average Bonchev–Trinajstić information content (AvgIpc) is 3.35. The minimum absolute atomic E-state index is 0.000372. The number of benzene rings is 1. The lowest BCUT2D eigenvalue weighted by Gasteiger charge is -2.24. The lowest BCUT2D eigenvalue weighted by Crippen LogP contribution is -2.40. The van der Waals surface area contributed by atoms with Crippen LogP contribution in [0.3, 0.4) is 0 Å². The number of carbonyl (C=O) groups excluding carboxylic acids is 1. The van der Waals surface area contributed by atoms with Gasteiger partial charge in [-0.25, -0.2) is 9.59 Å². The standard InChI is InChI=1S/C19H28N2O2S.C4H4O4/c1-4-7-21-8-5-6-15(21)12-20-19(22)17-11-16(24-3)10-14-9-13(2)23-18(14)17;5-3(6)1-2-4(7)8/h10-11,13,15H,4-9,12H2,1-3H3,(H,20,22);1-2H,(H,5,6)(H,7,8). The van der Waals surface area contributed by atoms with Crippen molar-refractivity contribution in [2.24, 2.45) is 0 Å². The summed E-state index contributed by atoms with van der Waals surface area (Å²) in [5, 5.41) is 18.8. The molecule has 1 aromatic carbocycles. The lowest BCUT2D eigenvalue weighted by atomic mass is 10.1. The number of likely N-dealkylation sites (tertiary alicyclic amines) is 1. The van der Waals surface area contributed by atoms with E-state index in [2.05, 4.69) is 30.1 Å². The summed E-state index contributed by atoms with van der Waals surface area (Å²) in [6, 6.07) is 4.60. The quantitative estimate of drug-likeness (QED) is 0.397. The number of nitrogens with zero attached hydrogens (tertiary/aromatic N) is 1. The Kier molecular flexibility index (Phi) is 10.1. The van der Waals surface area contributed by atoms with Gasteiger partial charge in [-0.2, -0.15) is 0 Å². The molecule has 8 nitrogen and oxygen atoms in total. The van der Waals surface area contributed by atoms with Crippen LogP contribution in [0.4, 0.5) is 0 Å². The molecule has 9 heteroatoms. The maximum absolute atomic E-state index is 12.8. The molecule has 1 fully saturated rings. The van der Waals surface area contributed by atoms with Crippen molar-refractivity contribution in [3.8, 4) is 5.75 Å². The molecule has 2 unspecified atom stereocenters. The summed E-state index contributed by atoms with van der Waals surface area (Å²) in [5.41, 5.74) is 1.86. The molecule has 1 saturated heterocycles. The van der Waals surface area contributed by atoms with Gasteiger partial charge in [0.25, 0.3) is 5.91 Å². The smallest absolute Gasteiger partial charge is 0.328 e. The molecule has 0 bridgehead atoms. The normalized spacial score (nSPS) is 19.7. The highest BCUT2D eigenvalue weighted by atomic mass is 32.2. The van der Waals surface area contributed by atoms with Gasteiger partial charge in [0, 0.05) is 36.1 Å². The fraction of sp³-hybridized carbons (Fsp3) is 0.522. The van der Waals surface area contributed by atoms with E-state index in [4.69, 9.17) is 14.9 Å². The van der Waals surface area contributed by atoms with E-state index in [-0.39, 0.29) is 12.0 Å². The molecule has 1 aromatic rings. The third-order valence-corrected chi connectivity index (χ3v) is 6.03. The number of fused-ring (bicyclic) bond motifs is 1. The van der Waals surface area contributed by atoms with Crippen molar-refractivity contribution in [2.45, 2.75) is 56.6 Å². The summed E-state index contributed by atoms with van der Waals surface area (Å²) in [6.45, 7) is 7.28. The zero-order valence-electron chi connectivity index (χ0n) is 18.8. The summed E-state index contributed by atoms with van der Waals surface area (Å²) in [6.07, 6.45) is 7.78. The van der Waals surface area contributed by atoms with Gasteiger partial charge in [-0.15, -0.1) is 11.8 Å². The second kappa shape index (κ2) is 12.5. The van der Waals surface area contributed by atoms with E-state index >= 15 is 0 Å². The van der Waals surface area contributed by atoms with E-state index in [1.807, 2.05) is 12.3 Å². The molecule has 2 atom stereocenters. The summed E-state index contributed by atoms with van der Waals surface area (Å²) >= 11 is 1.67. The fourth-order valence-electron chi connectivity index (χ4n) is 3.95. The zero-order valence-corrected chi connectivity index (χ0v) is 19.6. The number of rotatable bonds is 8. The molecular formula is C23H32N2O6S. The van der Waals surface area contributed by atoms with E-state index in [1.165, 1.54) is 19.3 Å². The molecule has 2 aliphatic heterocycles. The summed E-state index contributed by atoms with van der Waals surface area (Å²) < 4.78 is 5.91. The maximum atomic E-state index is 12.8. The molecule has 3 rings (SSSR count). The average molecular weight is 465 g/mol. The van der Waals surface area contributed by atoms with Gasteiger partial charge in [0.1, 0.15) is 11.9 Å². The molecule has 2 heterocycles. The molecule has 0 aromatic heterocycles. The molecular weight excluding hydrogens is 432 g/mol. The van der Waals surface area contributed by atoms with Crippen molar-refractivity contribution >= 4 is 29.6 Å². The first-order chi connectivity index (χ1) is 15.2. The van der Waals surface area contributed by atoms with Crippen molar-refractivity contribution < 1.29 is 29.3 Å². The molecule has 0 spiro atoms. The molecule has 176 valence electrons. The highest BCUT2D eigenvalue weighted by molar-refractivity contribution is 7.98. The Hall–Kier alpha value is -2.52. The van der Waals surface area contributed by atoms with Gasteiger partial charge < -0.3 is 20.3 Å². The van der Waals surface area contributed by atoms with Crippen molar-refractivity contribution in [3.05, 3.63) is 35.4 Å². The number of hydrogen-bond acceptors (Lipinski definition) is 6. The van der Waals surface area contributed by atoms with Crippen molar-refractivity contribution in [2.75, 3.05) is 25.9 Å². The number of thioether (sulfide) groups is 1. The van der Waals surface area contributed by atoms with Crippen LogP contribution in [-0.4, -0.2) is 71.0 Å². The van der Waals surface area contributed by atoms with Gasteiger partial charge in [-0.05, 0) is 63.2 Å². The summed E-state index contributed by atoms with van der Waals surface area (Å²) in [4.78, 5) is 35.5. The minimum atomic E-state index is -1.26. The van der Waals surface area contributed by atoms with Gasteiger partial charge in [0.15, 0.2) is 0 Å². The van der Waals surface area contributed by atoms with Crippen LogP contribution in [-0.2, 0) is 16.0 Å². The number of hydrogen-bond donors (Lipinski definition) is 3. The predicted octanol–water partition coefficient (Wildman–Crippen LogP) is 3.05. The van der Waals surface area contributed by atoms with Crippen LogP contribution in [0.15, 0.2) is 29.2 Å². The Morgan fingerprint density at radius 3 is 2.53 bits per heavy atom. The SMILES string of the molecule is CCCN1CCCC1CNC(=O)c1cc(SC)cc2c1OC(C)C2.O=C(O)C=CC(=O)O. The molecule has 3 N–H and O–H groups in total. The number of carbonyl (C=O) groups is 3. The first kappa shape index (κ1) is 25.7. The number of aliphatic carboxylic acids is 2. The van der Waals surface area contributed by atoms with Crippen LogP contribution in [0.25, 0.3) is 0 Å². The fourth-order valence-corrected chi connectivity index (χ4v) is 4.44. The molecule has 0 radical (unpaired) electrons. The molecule has 0 aliphatic carbocycles. The first-order valence-electron chi connectivity index (χ1n) is 10.8. The van der Waals surface area contributed by atoms with Crippen LogP contribution in [0, 0.1) is 0 Å². The van der Waals surface area contributed by atoms with Crippen LogP contribution >= 0.6 is 11.8 Å². The number of nitrogens with one attached hydrogen (secondary N) is 1. The second-order valence-corrected chi connectivity index (χ2v) is 8.73. The van der Waals surface area contributed by atoms with Crippen LogP contribution in [0.1, 0.15) is 49.0 Å². The topological polar surface area (TPSA) is 116 Å². The van der Waals surface area contributed by atoms with Gasteiger partial charge in [0.2, 0.25) is 0 Å². The Balaban J connectivity index is 0.000000390. The molecule has 1 amide bonds. The van der Waals surface area contributed by atoms with Crippen molar-refractivity contribution in [1.29, 1.82) is 0 Å². The highest BCUT2D eigenvalue weighted by Gasteiger charge is 2.28. The van der Waals surface area contributed by atoms with Gasteiger partial charge in [-0.1, -0.05) is 6.92 Å². The second-order valence-electron chi connectivity index (χ2n) is 7.85. The number of carboxylic acid groups (broad SMARTS) is 2. The molecule has 2 aliphatic rings. The van der Waals surface area contributed by atoms with E-state index in [0.717, 1.165) is 42.3 Å². The Morgan fingerprint density at radius 2 is 1.94 bits per heavy atom. The van der Waals surface area contributed by atoms with E-state index in [9.17, 15) is 14.4 Å². The third-order valence-electron chi connectivity index (χ3n) is 5.32. The van der Waals surface area contributed by atoms with Crippen LogP contribution < -0.4 is 10.1 Å². The zero-order chi connectivity index (χ0) is 23.7. The van der Waals surface area contributed by atoms with Gasteiger partial charge in [-0.3, -0.25) is 9.69 Å². The third kappa shape index (κ3) is 7.56. The van der Waals surface area contributed by atoms with Crippen molar-refractivity contribution in [3.63, 3.8) is 0 Å². The number of carboxylic acids is 2. The Morgan fingerprint density at radius 1 is 1.25 bits per heavy atom. The van der Waals surface area contributed by atoms with Crippen LogP contribution in [0.5, 0.6) is 5.75 Å². The summed E-state index contributed by atoms with van der Waals surface area (Å²) in [7, 11) is 0. The predicted molar refractivity (Wildman–Crippen MR) is 124 cm³/mol. The van der Waals surface area contributed by atoms with Crippen molar-refractivity contribution in [1.82, 2.24) is 10.2 Å². The Labute approximate surface area is 193 Å². The van der Waals surface area contributed by atoms with Gasteiger partial charge in [0.05, 0.1) is 5.56 Å².